The first-order valence-electron chi connectivity index (χ1n) is 7.13. The number of nitrogen functional groups attached to an aromatic ring is 1. The molecule has 0 radical (unpaired) electrons. The lowest BCUT2D eigenvalue weighted by Gasteiger charge is -2.16. The van der Waals surface area contributed by atoms with E-state index in [1.807, 2.05) is 0 Å². The van der Waals surface area contributed by atoms with E-state index in [-0.39, 0.29) is 5.91 Å². The second-order valence-electron chi connectivity index (χ2n) is 5.86. The van der Waals surface area contributed by atoms with Crippen molar-refractivity contribution in [1.82, 2.24) is 4.90 Å². The van der Waals surface area contributed by atoms with Crippen molar-refractivity contribution in [3.8, 4) is 0 Å². The van der Waals surface area contributed by atoms with Gasteiger partial charge < -0.3 is 16.0 Å². The van der Waals surface area contributed by atoms with E-state index >= 15 is 0 Å². The highest BCUT2D eigenvalue weighted by Gasteiger charge is 2.25. The molecule has 1 aliphatic rings. The number of benzene rings is 1. The molecule has 0 bridgehead atoms. The van der Waals surface area contributed by atoms with Gasteiger partial charge in [-0.2, -0.15) is 0 Å². The number of anilines is 2. The standard InChI is InChI=1S/C15H21Cl2N3O/c1-9-7-20(8-10(9)2)4-3-14(21)19-15-12(17)5-11(16)6-13(15)18/h5-6,9-10H,3-4,7-8,18H2,1-2H3,(H,19,21). The fourth-order valence-corrected chi connectivity index (χ4v) is 3.17. The number of hydrogen-bond acceptors (Lipinski definition) is 3. The van der Waals surface area contributed by atoms with Crippen molar-refractivity contribution in [2.24, 2.45) is 11.8 Å². The van der Waals surface area contributed by atoms with Gasteiger partial charge in [-0.05, 0) is 24.0 Å². The number of hydrogen-bond donors (Lipinski definition) is 2. The topological polar surface area (TPSA) is 58.4 Å². The van der Waals surface area contributed by atoms with E-state index in [2.05, 4.69) is 24.1 Å². The lowest BCUT2D eigenvalue weighted by molar-refractivity contribution is -0.116. The summed E-state index contributed by atoms with van der Waals surface area (Å²) in [6.07, 6.45) is 0.428. The number of nitrogens with two attached hydrogens (primary N) is 1. The summed E-state index contributed by atoms with van der Waals surface area (Å²) in [5, 5.41) is 3.58. The van der Waals surface area contributed by atoms with E-state index in [0.717, 1.165) is 19.6 Å². The fraction of sp³-hybridized carbons (Fsp3) is 0.533. The molecule has 2 atom stereocenters. The maximum absolute atomic E-state index is 12.0. The van der Waals surface area contributed by atoms with Crippen molar-refractivity contribution >= 4 is 40.5 Å². The number of carbonyl (C=O) groups is 1. The SMILES string of the molecule is CC1CN(CCC(=O)Nc2c(N)cc(Cl)cc2Cl)CC1C. The van der Waals surface area contributed by atoms with Gasteiger partial charge in [0.05, 0.1) is 16.4 Å². The summed E-state index contributed by atoms with van der Waals surface area (Å²) in [7, 11) is 0. The predicted molar refractivity (Wildman–Crippen MR) is 88.9 cm³/mol. The third-order valence-electron chi connectivity index (χ3n) is 4.07. The molecular formula is C15H21Cl2N3O. The van der Waals surface area contributed by atoms with Crippen LogP contribution in [0, 0.1) is 11.8 Å². The van der Waals surface area contributed by atoms with Crippen LogP contribution in [-0.2, 0) is 4.79 Å². The normalized spacial score (nSPS) is 22.5. The molecule has 1 heterocycles. The van der Waals surface area contributed by atoms with Crippen LogP contribution in [0.3, 0.4) is 0 Å². The lowest BCUT2D eigenvalue weighted by atomic mass is 10.0. The summed E-state index contributed by atoms with van der Waals surface area (Å²) in [5.41, 5.74) is 6.65. The van der Waals surface area contributed by atoms with Crippen LogP contribution in [-0.4, -0.2) is 30.4 Å². The summed E-state index contributed by atoms with van der Waals surface area (Å²) in [6, 6.07) is 3.14. The zero-order chi connectivity index (χ0) is 15.6. The van der Waals surface area contributed by atoms with Crippen molar-refractivity contribution in [2.45, 2.75) is 20.3 Å². The number of carbonyl (C=O) groups excluding carboxylic acids is 1. The Morgan fingerprint density at radius 3 is 2.52 bits per heavy atom. The first-order valence-corrected chi connectivity index (χ1v) is 7.89. The molecule has 1 saturated heterocycles. The average molecular weight is 330 g/mol. The maximum Gasteiger partial charge on any atom is 0.225 e. The first kappa shape index (κ1) is 16.4. The van der Waals surface area contributed by atoms with Gasteiger partial charge >= 0.3 is 0 Å². The minimum Gasteiger partial charge on any atom is -0.397 e. The molecule has 1 aromatic carbocycles. The highest BCUT2D eigenvalue weighted by Crippen LogP contribution is 2.32. The van der Waals surface area contributed by atoms with Crippen LogP contribution in [0.5, 0.6) is 0 Å². The zero-order valence-corrected chi connectivity index (χ0v) is 13.8. The van der Waals surface area contributed by atoms with E-state index in [9.17, 15) is 4.79 Å². The van der Waals surface area contributed by atoms with Gasteiger partial charge in [-0.25, -0.2) is 0 Å². The van der Waals surface area contributed by atoms with Gasteiger partial charge in [0.15, 0.2) is 0 Å². The number of likely N-dealkylation sites (tertiary alicyclic amines) is 1. The first-order chi connectivity index (χ1) is 9.86. The molecule has 2 rings (SSSR count). The second-order valence-corrected chi connectivity index (χ2v) is 6.71. The maximum atomic E-state index is 12.0. The minimum absolute atomic E-state index is 0.0851. The summed E-state index contributed by atoms with van der Waals surface area (Å²) >= 11 is 11.9. The van der Waals surface area contributed by atoms with E-state index in [1.165, 1.54) is 0 Å². The van der Waals surface area contributed by atoms with Crippen LogP contribution >= 0.6 is 23.2 Å². The van der Waals surface area contributed by atoms with Crippen molar-refractivity contribution in [3.05, 3.63) is 22.2 Å². The highest BCUT2D eigenvalue weighted by atomic mass is 35.5. The molecule has 1 aliphatic heterocycles. The molecule has 0 aromatic heterocycles. The molecule has 3 N–H and O–H groups in total. The number of halogens is 2. The molecule has 1 amide bonds. The van der Waals surface area contributed by atoms with Crippen molar-refractivity contribution in [3.63, 3.8) is 0 Å². The Hall–Kier alpha value is -0.970. The zero-order valence-electron chi connectivity index (χ0n) is 12.3. The van der Waals surface area contributed by atoms with Gasteiger partial charge in [-0.3, -0.25) is 4.79 Å². The van der Waals surface area contributed by atoms with Gasteiger partial charge in [0, 0.05) is 31.1 Å². The number of nitrogens with one attached hydrogen (secondary N) is 1. The Labute approximate surface area is 135 Å². The van der Waals surface area contributed by atoms with E-state index in [4.69, 9.17) is 28.9 Å². The number of rotatable bonds is 4. The Morgan fingerprint density at radius 2 is 1.95 bits per heavy atom. The molecular weight excluding hydrogens is 309 g/mol. The van der Waals surface area contributed by atoms with Crippen LogP contribution in [0.25, 0.3) is 0 Å². The Balaban J connectivity index is 1.88. The summed E-state index contributed by atoms with van der Waals surface area (Å²) in [6.45, 7) is 7.36. The van der Waals surface area contributed by atoms with Gasteiger partial charge in [-0.15, -0.1) is 0 Å². The smallest absolute Gasteiger partial charge is 0.225 e. The molecule has 6 heteroatoms. The molecule has 1 fully saturated rings. The van der Waals surface area contributed by atoms with E-state index in [0.29, 0.717) is 39.7 Å². The quantitative estimate of drug-likeness (QED) is 0.831. The van der Waals surface area contributed by atoms with Gasteiger partial charge in [0.2, 0.25) is 5.91 Å². The van der Waals surface area contributed by atoms with Crippen molar-refractivity contribution < 1.29 is 4.79 Å². The highest BCUT2D eigenvalue weighted by molar-refractivity contribution is 6.37. The van der Waals surface area contributed by atoms with Crippen LogP contribution in [0.4, 0.5) is 11.4 Å². The van der Waals surface area contributed by atoms with Crippen molar-refractivity contribution in [1.29, 1.82) is 0 Å². The third-order valence-corrected chi connectivity index (χ3v) is 4.59. The average Bonchev–Trinajstić information content (AvgIpc) is 2.71. The number of amides is 1. The van der Waals surface area contributed by atoms with Gasteiger partial charge in [-0.1, -0.05) is 37.0 Å². The largest absolute Gasteiger partial charge is 0.397 e. The monoisotopic (exact) mass is 329 g/mol. The molecule has 2 unspecified atom stereocenters. The molecule has 0 aliphatic carbocycles. The van der Waals surface area contributed by atoms with Gasteiger partial charge in [0.1, 0.15) is 0 Å². The fourth-order valence-electron chi connectivity index (χ4n) is 2.62. The van der Waals surface area contributed by atoms with Crippen LogP contribution in [0.2, 0.25) is 10.0 Å². The Kier molecular flexibility index (Phi) is 5.36. The van der Waals surface area contributed by atoms with Gasteiger partial charge in [0.25, 0.3) is 0 Å². The summed E-state index contributed by atoms with van der Waals surface area (Å²) < 4.78 is 0. The van der Waals surface area contributed by atoms with E-state index in [1.54, 1.807) is 12.1 Å². The van der Waals surface area contributed by atoms with Crippen LogP contribution in [0.15, 0.2) is 12.1 Å². The number of nitrogens with zero attached hydrogens (tertiary/aromatic N) is 1. The van der Waals surface area contributed by atoms with E-state index < -0.39 is 0 Å². The van der Waals surface area contributed by atoms with Crippen LogP contribution < -0.4 is 11.1 Å². The molecule has 0 saturated carbocycles. The summed E-state index contributed by atoms with van der Waals surface area (Å²) in [4.78, 5) is 14.4. The lowest BCUT2D eigenvalue weighted by Crippen LogP contribution is -2.26. The van der Waals surface area contributed by atoms with Crippen molar-refractivity contribution in [2.75, 3.05) is 30.7 Å². The summed E-state index contributed by atoms with van der Waals surface area (Å²) in [5.74, 6) is 1.29. The molecule has 21 heavy (non-hydrogen) atoms. The van der Waals surface area contributed by atoms with Crippen LogP contribution in [0.1, 0.15) is 20.3 Å². The Morgan fingerprint density at radius 1 is 1.33 bits per heavy atom. The molecule has 1 aromatic rings. The third kappa shape index (κ3) is 4.25. The molecule has 0 spiro atoms. The predicted octanol–water partition coefficient (Wildman–Crippen LogP) is 3.49. The Bertz CT molecular complexity index is 503. The second kappa shape index (κ2) is 6.86. The minimum atomic E-state index is -0.0851. The molecule has 116 valence electrons. The molecule has 4 nitrogen and oxygen atoms in total.